The number of H-pyrrole nitrogens is 1. The number of hydrogen-bond donors (Lipinski definition) is 2. The van der Waals surface area contributed by atoms with E-state index in [1.165, 1.54) is 6.20 Å². The number of hydrogen-bond acceptors (Lipinski definition) is 4. The predicted octanol–water partition coefficient (Wildman–Crippen LogP) is 1.15. The highest BCUT2D eigenvalue weighted by Gasteiger charge is 2.09. The maximum absolute atomic E-state index is 11.7. The molecular formula is C10H12N4OS. The molecule has 0 fully saturated rings. The number of amides is 1. The molecule has 1 amide bonds. The molecule has 2 aromatic heterocycles. The Kier molecular flexibility index (Phi) is 3.31. The number of carbonyl (C=O) groups excluding carboxylic acids is 1. The first kappa shape index (κ1) is 10.8. The van der Waals surface area contributed by atoms with Crippen molar-refractivity contribution in [1.82, 2.24) is 20.5 Å². The largest absolute Gasteiger partial charge is 0.352 e. The average molecular weight is 236 g/mol. The van der Waals surface area contributed by atoms with E-state index in [9.17, 15) is 4.79 Å². The Morgan fingerprint density at radius 2 is 2.50 bits per heavy atom. The molecule has 2 N–H and O–H groups in total. The standard InChI is InChI=1S/C10H12N4OS/c1-7-9(4-13-14-7)10(15)11-3-2-8-5-16-6-12-8/h4-6H,2-3H2,1H3,(H,11,15)(H,13,14). The van der Waals surface area contributed by atoms with Crippen molar-refractivity contribution in [1.29, 1.82) is 0 Å². The number of nitrogens with zero attached hydrogens (tertiary/aromatic N) is 2. The minimum atomic E-state index is -0.0959. The summed E-state index contributed by atoms with van der Waals surface area (Å²) in [5.74, 6) is -0.0959. The molecule has 0 unspecified atom stereocenters. The zero-order valence-corrected chi connectivity index (χ0v) is 9.67. The fourth-order valence-corrected chi connectivity index (χ4v) is 1.93. The van der Waals surface area contributed by atoms with Gasteiger partial charge in [0.2, 0.25) is 0 Å². The molecule has 0 spiro atoms. The van der Waals surface area contributed by atoms with Crippen molar-refractivity contribution < 1.29 is 4.79 Å². The second kappa shape index (κ2) is 4.89. The molecule has 0 saturated carbocycles. The van der Waals surface area contributed by atoms with Gasteiger partial charge >= 0.3 is 0 Å². The number of aromatic amines is 1. The molecule has 2 heterocycles. The molecule has 0 atom stereocenters. The fraction of sp³-hybridized carbons (Fsp3) is 0.300. The van der Waals surface area contributed by atoms with Gasteiger partial charge in [0.1, 0.15) is 0 Å². The van der Waals surface area contributed by atoms with Gasteiger partial charge in [0.15, 0.2) is 0 Å². The molecule has 0 aliphatic heterocycles. The van der Waals surface area contributed by atoms with Crippen LogP contribution in [-0.2, 0) is 6.42 Å². The Hall–Kier alpha value is -1.69. The summed E-state index contributed by atoms with van der Waals surface area (Å²) < 4.78 is 0. The number of thiazole rings is 1. The van der Waals surface area contributed by atoms with Crippen molar-refractivity contribution in [2.75, 3.05) is 6.54 Å². The van der Waals surface area contributed by atoms with E-state index >= 15 is 0 Å². The normalized spacial score (nSPS) is 10.3. The minimum absolute atomic E-state index is 0.0959. The molecule has 16 heavy (non-hydrogen) atoms. The van der Waals surface area contributed by atoms with E-state index < -0.39 is 0 Å². The summed E-state index contributed by atoms with van der Waals surface area (Å²) in [5.41, 5.74) is 4.18. The number of nitrogens with one attached hydrogen (secondary N) is 2. The monoisotopic (exact) mass is 236 g/mol. The van der Waals surface area contributed by atoms with Crippen LogP contribution in [0.3, 0.4) is 0 Å². The fourth-order valence-electron chi connectivity index (χ4n) is 1.34. The lowest BCUT2D eigenvalue weighted by atomic mass is 10.2. The highest BCUT2D eigenvalue weighted by molar-refractivity contribution is 7.07. The third-order valence-corrected chi connectivity index (χ3v) is 2.86. The quantitative estimate of drug-likeness (QED) is 0.836. The Bertz CT molecular complexity index is 463. The lowest BCUT2D eigenvalue weighted by Crippen LogP contribution is -2.26. The molecule has 0 aromatic carbocycles. The molecule has 0 saturated heterocycles. The van der Waals surface area contributed by atoms with Crippen molar-refractivity contribution in [2.45, 2.75) is 13.3 Å². The first-order valence-corrected chi connectivity index (χ1v) is 5.87. The van der Waals surface area contributed by atoms with Crippen LogP contribution in [0.25, 0.3) is 0 Å². The van der Waals surface area contributed by atoms with Gasteiger partial charge in [-0.25, -0.2) is 4.98 Å². The van der Waals surface area contributed by atoms with Gasteiger partial charge in [0.25, 0.3) is 5.91 Å². The lowest BCUT2D eigenvalue weighted by Gasteiger charge is -2.02. The maximum Gasteiger partial charge on any atom is 0.254 e. The Balaban J connectivity index is 1.83. The molecule has 0 aliphatic rings. The minimum Gasteiger partial charge on any atom is -0.352 e. The number of aryl methyl sites for hydroxylation is 1. The second-order valence-corrected chi connectivity index (χ2v) is 4.11. The summed E-state index contributed by atoms with van der Waals surface area (Å²) in [4.78, 5) is 15.8. The highest BCUT2D eigenvalue weighted by atomic mass is 32.1. The molecule has 84 valence electrons. The van der Waals surface area contributed by atoms with Crippen LogP contribution in [0, 0.1) is 6.92 Å². The third-order valence-electron chi connectivity index (χ3n) is 2.22. The topological polar surface area (TPSA) is 70.7 Å². The Labute approximate surface area is 96.9 Å². The first-order chi connectivity index (χ1) is 7.77. The lowest BCUT2D eigenvalue weighted by molar-refractivity contribution is 0.0953. The Morgan fingerprint density at radius 3 is 3.12 bits per heavy atom. The van der Waals surface area contributed by atoms with Crippen LogP contribution in [0.4, 0.5) is 0 Å². The van der Waals surface area contributed by atoms with Gasteiger partial charge in [0.05, 0.1) is 23.0 Å². The molecule has 0 radical (unpaired) electrons. The third kappa shape index (κ3) is 2.46. The SMILES string of the molecule is Cc1[nH]ncc1C(=O)NCCc1cscn1. The van der Waals surface area contributed by atoms with E-state index in [1.807, 2.05) is 12.3 Å². The van der Waals surface area contributed by atoms with Gasteiger partial charge in [-0.15, -0.1) is 11.3 Å². The predicted molar refractivity (Wildman–Crippen MR) is 61.5 cm³/mol. The summed E-state index contributed by atoms with van der Waals surface area (Å²) in [6.45, 7) is 2.41. The van der Waals surface area contributed by atoms with Gasteiger partial charge < -0.3 is 5.32 Å². The molecule has 0 bridgehead atoms. The zero-order valence-electron chi connectivity index (χ0n) is 8.86. The van der Waals surface area contributed by atoms with Crippen LogP contribution in [0.5, 0.6) is 0 Å². The van der Waals surface area contributed by atoms with E-state index in [-0.39, 0.29) is 5.91 Å². The van der Waals surface area contributed by atoms with Gasteiger partial charge in [-0.2, -0.15) is 5.10 Å². The summed E-state index contributed by atoms with van der Waals surface area (Å²) in [7, 11) is 0. The number of rotatable bonds is 4. The van der Waals surface area contributed by atoms with Crippen molar-refractivity contribution in [3.05, 3.63) is 34.0 Å². The molecule has 2 aromatic rings. The van der Waals surface area contributed by atoms with Crippen LogP contribution in [-0.4, -0.2) is 27.6 Å². The van der Waals surface area contributed by atoms with Gasteiger partial charge in [-0.05, 0) is 6.92 Å². The van der Waals surface area contributed by atoms with Gasteiger partial charge in [-0.3, -0.25) is 9.89 Å². The smallest absolute Gasteiger partial charge is 0.254 e. The van der Waals surface area contributed by atoms with E-state index in [1.54, 1.807) is 16.8 Å². The van der Waals surface area contributed by atoms with Crippen molar-refractivity contribution in [3.63, 3.8) is 0 Å². The van der Waals surface area contributed by atoms with Crippen molar-refractivity contribution in [3.8, 4) is 0 Å². The van der Waals surface area contributed by atoms with Crippen LogP contribution in [0.15, 0.2) is 17.1 Å². The molecule has 5 nitrogen and oxygen atoms in total. The second-order valence-electron chi connectivity index (χ2n) is 3.39. The van der Waals surface area contributed by atoms with E-state index in [4.69, 9.17) is 0 Å². The summed E-state index contributed by atoms with van der Waals surface area (Å²) in [6.07, 6.45) is 2.29. The van der Waals surface area contributed by atoms with Crippen LogP contribution in [0.1, 0.15) is 21.7 Å². The first-order valence-electron chi connectivity index (χ1n) is 4.92. The van der Waals surface area contributed by atoms with Crippen LogP contribution in [0.2, 0.25) is 0 Å². The van der Waals surface area contributed by atoms with Crippen molar-refractivity contribution >= 4 is 17.2 Å². The molecule has 6 heteroatoms. The summed E-state index contributed by atoms with van der Waals surface area (Å²) in [6, 6.07) is 0. The van der Waals surface area contributed by atoms with E-state index in [0.29, 0.717) is 12.1 Å². The van der Waals surface area contributed by atoms with E-state index in [0.717, 1.165) is 17.8 Å². The van der Waals surface area contributed by atoms with Gasteiger partial charge in [-0.1, -0.05) is 0 Å². The molecular weight excluding hydrogens is 224 g/mol. The van der Waals surface area contributed by atoms with Crippen molar-refractivity contribution in [2.24, 2.45) is 0 Å². The van der Waals surface area contributed by atoms with Crippen LogP contribution >= 0.6 is 11.3 Å². The number of aromatic nitrogens is 3. The molecule has 2 rings (SSSR count). The summed E-state index contributed by atoms with van der Waals surface area (Å²) >= 11 is 1.56. The zero-order chi connectivity index (χ0) is 11.4. The average Bonchev–Trinajstić information content (AvgIpc) is 2.88. The maximum atomic E-state index is 11.7. The van der Waals surface area contributed by atoms with Crippen LogP contribution < -0.4 is 5.32 Å². The van der Waals surface area contributed by atoms with E-state index in [2.05, 4.69) is 20.5 Å². The highest BCUT2D eigenvalue weighted by Crippen LogP contribution is 2.03. The molecule has 0 aliphatic carbocycles. The number of carbonyl (C=O) groups is 1. The summed E-state index contributed by atoms with van der Waals surface area (Å²) in [5, 5.41) is 11.3. The Morgan fingerprint density at radius 1 is 1.62 bits per heavy atom. The van der Waals surface area contributed by atoms with Gasteiger partial charge in [0, 0.05) is 24.0 Å².